The number of hydrogen-bond donors (Lipinski definition) is 2. The fourth-order valence-corrected chi connectivity index (χ4v) is 4.01. The summed E-state index contributed by atoms with van der Waals surface area (Å²) in [6.07, 6.45) is -4.19. The Morgan fingerprint density at radius 1 is 1.13 bits per heavy atom. The van der Waals surface area contributed by atoms with Gasteiger partial charge in [-0.2, -0.15) is 13.2 Å². The molecule has 0 aliphatic carbocycles. The van der Waals surface area contributed by atoms with Gasteiger partial charge in [0, 0.05) is 11.3 Å². The fraction of sp³-hybridized carbons (Fsp3) is 0.632. The van der Waals surface area contributed by atoms with Crippen molar-refractivity contribution in [1.82, 2.24) is 5.32 Å². The van der Waals surface area contributed by atoms with Crippen LogP contribution in [-0.4, -0.2) is 43.4 Å². The Morgan fingerprint density at radius 3 is 2.23 bits per heavy atom. The van der Waals surface area contributed by atoms with Gasteiger partial charge in [-0.15, -0.1) is 11.3 Å². The van der Waals surface area contributed by atoms with Gasteiger partial charge in [0.05, 0.1) is 19.3 Å². The molecule has 0 bridgehead atoms. The number of carbonyl (C=O) groups excluding carboxylic acids is 3. The van der Waals surface area contributed by atoms with Crippen LogP contribution in [0.15, 0.2) is 0 Å². The van der Waals surface area contributed by atoms with E-state index in [0.29, 0.717) is 29.7 Å². The highest BCUT2D eigenvalue weighted by Crippen LogP contribution is 2.40. The van der Waals surface area contributed by atoms with Crippen molar-refractivity contribution in [2.45, 2.75) is 65.2 Å². The number of thiophene rings is 1. The van der Waals surface area contributed by atoms with E-state index in [1.165, 1.54) is 6.92 Å². The number of ether oxygens (including phenoxy) is 2. The lowest BCUT2D eigenvalue weighted by Gasteiger charge is -2.35. The van der Waals surface area contributed by atoms with Crippen LogP contribution in [0, 0.1) is 6.92 Å². The first kappa shape index (κ1) is 25.7. The predicted octanol–water partition coefficient (Wildman–Crippen LogP) is 3.95. The van der Waals surface area contributed by atoms with E-state index in [2.05, 4.69) is 10.1 Å². The van der Waals surface area contributed by atoms with E-state index in [-0.39, 0.29) is 23.6 Å². The van der Waals surface area contributed by atoms with E-state index in [4.69, 9.17) is 4.74 Å². The molecule has 1 aromatic rings. The van der Waals surface area contributed by atoms with Crippen LogP contribution < -0.4 is 10.6 Å². The number of nitrogens with one attached hydrogen (secondary N) is 2. The molecule has 1 amide bonds. The highest BCUT2D eigenvalue weighted by molar-refractivity contribution is 7.16. The van der Waals surface area contributed by atoms with Crippen molar-refractivity contribution in [3.63, 3.8) is 0 Å². The summed E-state index contributed by atoms with van der Waals surface area (Å²) >= 11 is 0.862. The Balaban J connectivity index is 3.61. The zero-order valence-electron chi connectivity index (χ0n) is 17.6. The number of esters is 2. The average Bonchev–Trinajstić information content (AvgIpc) is 2.98. The van der Waals surface area contributed by atoms with Gasteiger partial charge in [-0.3, -0.25) is 4.79 Å². The largest absolute Gasteiger partial charge is 0.465 e. The van der Waals surface area contributed by atoms with Gasteiger partial charge in [-0.1, -0.05) is 20.3 Å². The minimum Gasteiger partial charge on any atom is -0.465 e. The molecular weight excluding hydrogens is 425 g/mol. The maximum Gasteiger partial charge on any atom is 0.441 e. The van der Waals surface area contributed by atoms with Crippen LogP contribution in [0.25, 0.3) is 0 Å². The van der Waals surface area contributed by atoms with E-state index in [0.717, 1.165) is 18.4 Å². The number of unbranched alkanes of at least 4 members (excludes halogenated alkanes) is 1. The first-order valence-electron chi connectivity index (χ1n) is 9.52. The molecule has 0 radical (unpaired) electrons. The maximum absolute atomic E-state index is 14.2. The number of hydrogen-bond acceptors (Lipinski definition) is 7. The lowest BCUT2D eigenvalue weighted by Crippen LogP contribution is -2.69. The van der Waals surface area contributed by atoms with Crippen molar-refractivity contribution < 1.29 is 37.0 Å². The smallest absolute Gasteiger partial charge is 0.441 e. The average molecular weight is 452 g/mol. The molecule has 0 aromatic carbocycles. The second-order valence-electron chi connectivity index (χ2n) is 6.43. The van der Waals surface area contributed by atoms with Gasteiger partial charge < -0.3 is 20.1 Å². The van der Waals surface area contributed by atoms with E-state index in [9.17, 15) is 27.6 Å². The molecule has 170 valence electrons. The van der Waals surface area contributed by atoms with Crippen LogP contribution in [0.3, 0.4) is 0 Å². The molecule has 0 spiro atoms. The van der Waals surface area contributed by atoms with Gasteiger partial charge in [0.1, 0.15) is 5.00 Å². The Labute approximate surface area is 177 Å². The molecule has 0 aliphatic heterocycles. The zero-order valence-corrected chi connectivity index (χ0v) is 18.4. The van der Waals surface area contributed by atoms with Crippen molar-refractivity contribution in [3.05, 3.63) is 16.0 Å². The van der Waals surface area contributed by atoms with E-state index < -0.39 is 29.7 Å². The first-order chi connectivity index (χ1) is 14.0. The van der Waals surface area contributed by atoms with Gasteiger partial charge in [-0.25, -0.2) is 9.59 Å². The van der Waals surface area contributed by atoms with Gasteiger partial charge in [0.25, 0.3) is 0 Å². The SMILES string of the molecule is CCCCC(=O)NC(Nc1sc(C)c(CC)c1C(=O)OC)(C(=O)OCC)C(F)(F)F. The summed E-state index contributed by atoms with van der Waals surface area (Å²) in [5.74, 6) is -3.54. The summed E-state index contributed by atoms with van der Waals surface area (Å²) in [6.45, 7) is 6.16. The topological polar surface area (TPSA) is 93.7 Å². The second kappa shape index (κ2) is 10.6. The number of methoxy groups -OCH3 is 1. The van der Waals surface area contributed by atoms with Crippen molar-refractivity contribution in [3.8, 4) is 0 Å². The molecule has 30 heavy (non-hydrogen) atoms. The molecule has 1 heterocycles. The molecule has 11 heteroatoms. The standard InChI is InChI=1S/C19H27F3N2O5S/c1-6-9-10-13(25)23-18(19(20,21)22,17(27)29-8-3)24-15-14(16(26)28-5)12(7-2)11(4)30-15/h24H,6-10H2,1-5H3,(H,23,25). The first-order valence-corrected chi connectivity index (χ1v) is 10.3. The highest BCUT2D eigenvalue weighted by atomic mass is 32.1. The second-order valence-corrected chi connectivity index (χ2v) is 7.66. The number of rotatable bonds is 10. The summed E-state index contributed by atoms with van der Waals surface area (Å²) in [5, 5.41) is 3.63. The Kier molecular flexibility index (Phi) is 9.13. The Hall–Kier alpha value is -2.30. The van der Waals surface area contributed by atoms with E-state index in [1.807, 2.05) is 0 Å². The van der Waals surface area contributed by atoms with E-state index >= 15 is 0 Å². The monoisotopic (exact) mass is 452 g/mol. The third-order valence-electron chi connectivity index (χ3n) is 4.34. The number of halogens is 3. The van der Waals surface area contributed by atoms with Crippen molar-refractivity contribution >= 4 is 34.2 Å². The molecule has 7 nitrogen and oxygen atoms in total. The summed E-state index contributed by atoms with van der Waals surface area (Å²) in [4.78, 5) is 37.6. The van der Waals surface area contributed by atoms with Crippen molar-refractivity contribution in [2.75, 3.05) is 19.0 Å². The van der Waals surface area contributed by atoms with Crippen LogP contribution in [0.5, 0.6) is 0 Å². The molecule has 0 fully saturated rings. The molecule has 2 N–H and O–H groups in total. The molecule has 1 unspecified atom stereocenters. The van der Waals surface area contributed by atoms with Gasteiger partial charge in [0.2, 0.25) is 5.91 Å². The van der Waals surface area contributed by atoms with Gasteiger partial charge in [-0.05, 0) is 32.3 Å². The van der Waals surface area contributed by atoms with Crippen LogP contribution >= 0.6 is 11.3 Å². The number of aryl methyl sites for hydroxylation is 1. The Bertz CT molecular complexity index is 779. The highest BCUT2D eigenvalue weighted by Gasteiger charge is 2.64. The molecule has 0 saturated heterocycles. The molecule has 1 atom stereocenters. The van der Waals surface area contributed by atoms with Crippen LogP contribution in [0.1, 0.15) is 60.8 Å². The zero-order chi connectivity index (χ0) is 23.1. The van der Waals surface area contributed by atoms with Crippen LogP contribution in [0.4, 0.5) is 18.2 Å². The molecule has 1 rings (SSSR count). The minimum absolute atomic E-state index is 0.108. The van der Waals surface area contributed by atoms with Gasteiger partial charge in [0.15, 0.2) is 0 Å². The van der Waals surface area contributed by atoms with E-state index in [1.54, 1.807) is 26.1 Å². The van der Waals surface area contributed by atoms with Crippen molar-refractivity contribution in [2.24, 2.45) is 0 Å². The fourth-order valence-electron chi connectivity index (χ4n) is 2.82. The number of alkyl halides is 3. The van der Waals surface area contributed by atoms with Crippen LogP contribution in [-0.2, 0) is 25.5 Å². The van der Waals surface area contributed by atoms with Crippen molar-refractivity contribution in [1.29, 1.82) is 0 Å². The summed E-state index contributed by atoms with van der Waals surface area (Å²) in [6, 6.07) is 0. The molecule has 0 saturated carbocycles. The minimum atomic E-state index is -5.27. The number of amides is 1. The van der Waals surface area contributed by atoms with Crippen LogP contribution in [0.2, 0.25) is 0 Å². The number of anilines is 1. The normalized spacial score (nSPS) is 13.3. The lowest BCUT2D eigenvalue weighted by molar-refractivity contribution is -0.207. The predicted molar refractivity (Wildman–Crippen MR) is 106 cm³/mol. The third-order valence-corrected chi connectivity index (χ3v) is 5.41. The third kappa shape index (κ3) is 5.44. The summed E-state index contributed by atoms with van der Waals surface area (Å²) < 4.78 is 52.1. The molecular formula is C19H27F3N2O5S. The maximum atomic E-state index is 14.2. The summed E-state index contributed by atoms with van der Waals surface area (Å²) in [5.41, 5.74) is -3.17. The lowest BCUT2D eigenvalue weighted by atomic mass is 10.1. The summed E-state index contributed by atoms with van der Waals surface area (Å²) in [7, 11) is 1.10. The Morgan fingerprint density at radius 2 is 1.77 bits per heavy atom. The quantitative estimate of drug-likeness (QED) is 0.413. The van der Waals surface area contributed by atoms with Gasteiger partial charge >= 0.3 is 23.8 Å². The molecule has 1 aromatic heterocycles. The molecule has 0 aliphatic rings. The number of carbonyl (C=O) groups is 3.